The van der Waals surface area contributed by atoms with Gasteiger partial charge in [0.25, 0.3) is 0 Å². The fourth-order valence-electron chi connectivity index (χ4n) is 5.02. The van der Waals surface area contributed by atoms with Crippen molar-refractivity contribution in [2.75, 3.05) is 5.01 Å². The van der Waals surface area contributed by atoms with E-state index in [9.17, 15) is 9.59 Å². The first-order valence-corrected chi connectivity index (χ1v) is 12.6. The van der Waals surface area contributed by atoms with Gasteiger partial charge < -0.3 is 9.47 Å². The average Bonchev–Trinajstić information content (AvgIpc) is 3.00. The van der Waals surface area contributed by atoms with E-state index in [1.165, 1.54) is 22.3 Å². The van der Waals surface area contributed by atoms with Crippen LogP contribution in [0.25, 0.3) is 11.1 Å². The zero-order valence-corrected chi connectivity index (χ0v) is 22.5. The summed E-state index contributed by atoms with van der Waals surface area (Å²) in [5.41, 5.74) is 6.49. The Labute approximate surface area is 210 Å². The van der Waals surface area contributed by atoms with E-state index < -0.39 is 23.4 Å². The largest absolute Gasteiger partial charge is 0.443 e. The third-order valence-corrected chi connectivity index (χ3v) is 6.04. The van der Waals surface area contributed by atoms with Crippen molar-refractivity contribution in [2.45, 2.75) is 97.7 Å². The van der Waals surface area contributed by atoms with Crippen LogP contribution in [0.15, 0.2) is 42.5 Å². The van der Waals surface area contributed by atoms with Crippen LogP contribution in [-0.4, -0.2) is 23.4 Å². The molecule has 2 amide bonds. The third-order valence-electron chi connectivity index (χ3n) is 6.04. The number of fused-ring (bicyclic) bond motifs is 3. The molecule has 2 aromatic rings. The number of hydrogen-bond acceptors (Lipinski definition) is 4. The first-order chi connectivity index (χ1) is 16.3. The molecule has 6 heteroatoms. The van der Waals surface area contributed by atoms with Gasteiger partial charge in [0.15, 0.2) is 0 Å². The van der Waals surface area contributed by atoms with Crippen LogP contribution >= 0.6 is 0 Å². The summed E-state index contributed by atoms with van der Waals surface area (Å²) in [4.78, 5) is 25.9. The average molecular weight is 481 g/mol. The highest BCUT2D eigenvalue weighted by Crippen LogP contribution is 2.54. The number of hydrogen-bond donors (Lipinski definition) is 1. The molecular weight excluding hydrogens is 440 g/mol. The number of carbonyl (C=O) groups is 2. The van der Waals surface area contributed by atoms with Gasteiger partial charge in [0.1, 0.15) is 11.2 Å². The third kappa shape index (κ3) is 5.80. The number of hydrazine groups is 1. The lowest BCUT2D eigenvalue weighted by Crippen LogP contribution is -2.50. The molecule has 0 unspecified atom stereocenters. The van der Waals surface area contributed by atoms with Crippen molar-refractivity contribution in [2.24, 2.45) is 0 Å². The minimum Gasteiger partial charge on any atom is -0.443 e. The molecule has 3 rings (SSSR count). The quantitative estimate of drug-likeness (QED) is 0.445. The monoisotopic (exact) mass is 480 g/mol. The van der Waals surface area contributed by atoms with Crippen LogP contribution in [0.1, 0.15) is 92.2 Å². The van der Waals surface area contributed by atoms with Crippen molar-refractivity contribution in [3.63, 3.8) is 0 Å². The Morgan fingerprint density at radius 3 is 1.97 bits per heavy atom. The smallest absolute Gasteiger partial charge is 0.434 e. The number of nitrogens with zero attached hydrogens (tertiary/aromatic N) is 1. The SMILES string of the molecule is CCCC1(CCC)c2ccccc2-c2ccc(N(NC(=O)OC(C)(C)C)C(=O)OC(C)(C)C)cc21. The van der Waals surface area contributed by atoms with Gasteiger partial charge in [-0.15, -0.1) is 0 Å². The van der Waals surface area contributed by atoms with Crippen LogP contribution < -0.4 is 10.4 Å². The molecule has 1 aliphatic rings. The highest BCUT2D eigenvalue weighted by atomic mass is 16.6. The Kier molecular flexibility index (Phi) is 7.53. The second-order valence-corrected chi connectivity index (χ2v) is 11.3. The second-order valence-electron chi connectivity index (χ2n) is 11.3. The van der Waals surface area contributed by atoms with Crippen molar-refractivity contribution in [1.82, 2.24) is 5.43 Å². The van der Waals surface area contributed by atoms with Crippen LogP contribution in [0.4, 0.5) is 15.3 Å². The van der Waals surface area contributed by atoms with Crippen LogP contribution in [0.2, 0.25) is 0 Å². The summed E-state index contributed by atoms with van der Waals surface area (Å²) >= 11 is 0. The summed E-state index contributed by atoms with van der Waals surface area (Å²) in [7, 11) is 0. The number of benzene rings is 2. The van der Waals surface area contributed by atoms with Crippen molar-refractivity contribution in [1.29, 1.82) is 0 Å². The summed E-state index contributed by atoms with van der Waals surface area (Å²) in [6, 6.07) is 14.5. The van der Waals surface area contributed by atoms with Gasteiger partial charge in [-0.25, -0.2) is 15.0 Å². The second kappa shape index (κ2) is 9.92. The molecule has 6 nitrogen and oxygen atoms in total. The Morgan fingerprint density at radius 1 is 0.829 bits per heavy atom. The van der Waals surface area contributed by atoms with Gasteiger partial charge in [-0.2, -0.15) is 5.01 Å². The van der Waals surface area contributed by atoms with E-state index in [1.807, 2.05) is 18.2 Å². The summed E-state index contributed by atoms with van der Waals surface area (Å²) in [5, 5.41) is 1.16. The van der Waals surface area contributed by atoms with Crippen molar-refractivity contribution in [3.8, 4) is 11.1 Å². The predicted octanol–water partition coefficient (Wildman–Crippen LogP) is 7.73. The first kappa shape index (κ1) is 26.6. The molecule has 0 aliphatic heterocycles. The fraction of sp³-hybridized carbons (Fsp3) is 0.517. The first-order valence-electron chi connectivity index (χ1n) is 12.6. The molecule has 0 spiro atoms. The van der Waals surface area contributed by atoms with E-state index in [4.69, 9.17) is 9.47 Å². The molecular formula is C29H40N2O4. The maximum Gasteiger partial charge on any atom is 0.434 e. The Bertz CT molecular complexity index is 1070. The van der Waals surface area contributed by atoms with E-state index in [0.717, 1.165) is 30.7 Å². The number of rotatable bonds is 5. The van der Waals surface area contributed by atoms with Gasteiger partial charge in [0.05, 0.1) is 5.69 Å². The van der Waals surface area contributed by atoms with E-state index >= 15 is 0 Å². The molecule has 1 aliphatic carbocycles. The van der Waals surface area contributed by atoms with E-state index in [2.05, 4.69) is 43.5 Å². The fourth-order valence-corrected chi connectivity index (χ4v) is 5.02. The van der Waals surface area contributed by atoms with Crippen molar-refractivity contribution in [3.05, 3.63) is 53.6 Å². The zero-order chi connectivity index (χ0) is 26.0. The van der Waals surface area contributed by atoms with Gasteiger partial charge in [0.2, 0.25) is 0 Å². The minimum absolute atomic E-state index is 0.142. The van der Waals surface area contributed by atoms with Gasteiger partial charge in [-0.1, -0.05) is 57.0 Å². The standard InChI is InChI=1S/C29H40N2O4/c1-9-17-29(18-10-2)23-14-12-11-13-21(23)22-16-15-20(19-24(22)29)31(26(33)35-28(6,7)8)30-25(32)34-27(3,4)5/h11-16,19H,9-10,17-18H2,1-8H3,(H,30,32). The van der Waals surface area contributed by atoms with Crippen molar-refractivity contribution >= 4 is 17.9 Å². The maximum atomic E-state index is 13.2. The molecule has 0 bridgehead atoms. The predicted molar refractivity (Wildman–Crippen MR) is 141 cm³/mol. The van der Waals surface area contributed by atoms with Gasteiger partial charge >= 0.3 is 12.2 Å². The molecule has 0 fully saturated rings. The Morgan fingerprint density at radius 2 is 1.40 bits per heavy atom. The normalized spacial score (nSPS) is 14.1. The molecule has 0 heterocycles. The lowest BCUT2D eigenvalue weighted by Gasteiger charge is -2.33. The molecule has 190 valence electrons. The Balaban J connectivity index is 2.12. The molecule has 0 saturated carbocycles. The topological polar surface area (TPSA) is 67.9 Å². The van der Waals surface area contributed by atoms with E-state index in [1.54, 1.807) is 41.5 Å². The summed E-state index contributed by atoms with van der Waals surface area (Å²) in [6.45, 7) is 15.1. The number of carbonyl (C=O) groups excluding carboxylic acids is 2. The summed E-state index contributed by atoms with van der Waals surface area (Å²) in [6.07, 6.45) is 2.67. The van der Waals surface area contributed by atoms with Crippen LogP contribution in [-0.2, 0) is 14.9 Å². The van der Waals surface area contributed by atoms with Crippen molar-refractivity contribution < 1.29 is 19.1 Å². The molecule has 0 atom stereocenters. The molecule has 1 N–H and O–H groups in total. The van der Waals surface area contributed by atoms with E-state index in [-0.39, 0.29) is 5.41 Å². The highest BCUT2D eigenvalue weighted by Gasteiger charge is 2.42. The number of nitrogens with one attached hydrogen (secondary N) is 1. The summed E-state index contributed by atoms with van der Waals surface area (Å²) in [5.74, 6) is 0. The molecule has 0 saturated heterocycles. The van der Waals surface area contributed by atoms with Crippen LogP contribution in [0.3, 0.4) is 0 Å². The van der Waals surface area contributed by atoms with Gasteiger partial charge in [0, 0.05) is 5.41 Å². The van der Waals surface area contributed by atoms with Crippen LogP contribution in [0.5, 0.6) is 0 Å². The number of anilines is 1. The lowest BCUT2D eigenvalue weighted by atomic mass is 9.71. The molecule has 0 aromatic heterocycles. The highest BCUT2D eigenvalue weighted by molar-refractivity contribution is 5.92. The Hall–Kier alpha value is -3.02. The maximum absolute atomic E-state index is 13.2. The van der Waals surface area contributed by atoms with Crippen LogP contribution in [0, 0.1) is 0 Å². The lowest BCUT2D eigenvalue weighted by molar-refractivity contribution is 0.0425. The number of amides is 2. The summed E-state index contributed by atoms with van der Waals surface area (Å²) < 4.78 is 11.1. The number of ether oxygens (including phenoxy) is 2. The van der Waals surface area contributed by atoms with Gasteiger partial charge in [-0.3, -0.25) is 0 Å². The molecule has 0 radical (unpaired) electrons. The molecule has 35 heavy (non-hydrogen) atoms. The molecule has 2 aromatic carbocycles. The minimum atomic E-state index is -0.730. The van der Waals surface area contributed by atoms with E-state index in [0.29, 0.717) is 5.69 Å². The zero-order valence-electron chi connectivity index (χ0n) is 22.5. The van der Waals surface area contributed by atoms with Gasteiger partial charge in [-0.05, 0) is 88.8 Å².